The maximum atomic E-state index is 4.60. The molecule has 0 fully saturated rings. The third-order valence-corrected chi connectivity index (χ3v) is 5.15. The van der Waals surface area contributed by atoms with Crippen molar-refractivity contribution in [2.24, 2.45) is 0 Å². The molecule has 0 aromatic carbocycles. The van der Waals surface area contributed by atoms with Crippen molar-refractivity contribution >= 4 is 11.3 Å². The largest absolute Gasteiger partial charge is 0.246 e. The molecule has 2 aromatic rings. The average molecular weight is 273 g/mol. The summed E-state index contributed by atoms with van der Waals surface area (Å²) in [5.74, 6) is 0. The van der Waals surface area contributed by atoms with Crippen LogP contribution in [0.15, 0.2) is 6.33 Å². The van der Waals surface area contributed by atoms with Gasteiger partial charge in [0.15, 0.2) is 0 Å². The highest BCUT2D eigenvalue weighted by atomic mass is 32.1. The second-order valence-corrected chi connectivity index (χ2v) is 6.24. The lowest BCUT2D eigenvalue weighted by molar-refractivity contribution is 0.867. The molecule has 0 saturated carbocycles. The van der Waals surface area contributed by atoms with E-state index in [1.54, 1.807) is 6.33 Å². The molecule has 2 aromatic heterocycles. The highest BCUT2D eigenvalue weighted by molar-refractivity contribution is 7.11. The molecular formula is C15H19N3S. The zero-order valence-electron chi connectivity index (χ0n) is 11.6. The normalized spacial score (nSPS) is 13.8. The van der Waals surface area contributed by atoms with Gasteiger partial charge in [0.1, 0.15) is 6.33 Å². The number of hydrogen-bond acceptors (Lipinski definition) is 4. The first-order valence-corrected chi connectivity index (χ1v) is 7.86. The first-order chi connectivity index (χ1) is 9.28. The molecule has 0 spiro atoms. The van der Waals surface area contributed by atoms with Gasteiger partial charge in [0.25, 0.3) is 0 Å². The number of aryl methyl sites for hydroxylation is 5. The summed E-state index contributed by atoms with van der Waals surface area (Å²) in [6, 6.07) is 0. The average Bonchev–Trinajstić information content (AvgIpc) is 3.02. The van der Waals surface area contributed by atoms with Gasteiger partial charge in [0.2, 0.25) is 0 Å². The van der Waals surface area contributed by atoms with E-state index in [9.17, 15) is 0 Å². The third kappa shape index (κ3) is 2.54. The maximum Gasteiger partial charge on any atom is 0.115 e. The summed E-state index contributed by atoms with van der Waals surface area (Å²) in [7, 11) is 0. The van der Waals surface area contributed by atoms with Crippen molar-refractivity contribution in [1.82, 2.24) is 15.0 Å². The van der Waals surface area contributed by atoms with Crippen LogP contribution in [0.4, 0.5) is 0 Å². The number of thiazole rings is 1. The maximum absolute atomic E-state index is 4.60. The zero-order valence-corrected chi connectivity index (χ0v) is 12.4. The Morgan fingerprint density at radius 2 is 2.11 bits per heavy atom. The van der Waals surface area contributed by atoms with E-state index in [4.69, 9.17) is 0 Å². The van der Waals surface area contributed by atoms with Crippen molar-refractivity contribution in [2.75, 3.05) is 0 Å². The SMILES string of the molecule is CCc1nc(C)c(CCc2ncnc3c2CCC3)s1. The Balaban J connectivity index is 1.76. The Hall–Kier alpha value is -1.29. The highest BCUT2D eigenvalue weighted by Gasteiger charge is 2.17. The topological polar surface area (TPSA) is 38.7 Å². The van der Waals surface area contributed by atoms with Gasteiger partial charge >= 0.3 is 0 Å². The summed E-state index contributed by atoms with van der Waals surface area (Å²) in [6.45, 7) is 4.29. The van der Waals surface area contributed by atoms with Crippen LogP contribution in [0.2, 0.25) is 0 Å². The fourth-order valence-electron chi connectivity index (χ4n) is 2.75. The molecule has 0 unspecified atom stereocenters. The fraction of sp³-hybridized carbons (Fsp3) is 0.533. The van der Waals surface area contributed by atoms with Crippen LogP contribution < -0.4 is 0 Å². The number of fused-ring (bicyclic) bond motifs is 1. The number of nitrogens with zero attached hydrogens (tertiary/aromatic N) is 3. The first kappa shape index (κ1) is 12.7. The van der Waals surface area contributed by atoms with E-state index in [-0.39, 0.29) is 0 Å². The minimum atomic E-state index is 1.02. The van der Waals surface area contributed by atoms with Crippen molar-refractivity contribution < 1.29 is 0 Å². The van der Waals surface area contributed by atoms with Crippen LogP contribution in [0.1, 0.15) is 45.9 Å². The van der Waals surface area contributed by atoms with E-state index >= 15 is 0 Å². The molecule has 1 aliphatic carbocycles. The van der Waals surface area contributed by atoms with Gasteiger partial charge in [-0.2, -0.15) is 0 Å². The lowest BCUT2D eigenvalue weighted by Crippen LogP contribution is -2.01. The van der Waals surface area contributed by atoms with Gasteiger partial charge < -0.3 is 0 Å². The molecule has 3 nitrogen and oxygen atoms in total. The molecule has 0 saturated heterocycles. The van der Waals surface area contributed by atoms with Crippen LogP contribution >= 0.6 is 11.3 Å². The van der Waals surface area contributed by atoms with Crippen molar-refractivity contribution in [1.29, 1.82) is 0 Å². The molecule has 0 aliphatic heterocycles. The molecule has 1 aliphatic rings. The Morgan fingerprint density at radius 3 is 2.89 bits per heavy atom. The van der Waals surface area contributed by atoms with Crippen molar-refractivity contribution in [2.45, 2.75) is 52.4 Å². The van der Waals surface area contributed by atoms with Crippen LogP contribution in [0.25, 0.3) is 0 Å². The smallest absolute Gasteiger partial charge is 0.115 e. The molecule has 2 heterocycles. The van der Waals surface area contributed by atoms with E-state index in [0.717, 1.165) is 32.1 Å². The number of hydrogen-bond donors (Lipinski definition) is 0. The van der Waals surface area contributed by atoms with Gasteiger partial charge in [-0.3, -0.25) is 0 Å². The summed E-state index contributed by atoms with van der Waals surface area (Å²) in [5, 5.41) is 1.25. The van der Waals surface area contributed by atoms with Gasteiger partial charge in [-0.25, -0.2) is 15.0 Å². The fourth-order valence-corrected chi connectivity index (χ4v) is 3.75. The van der Waals surface area contributed by atoms with Crippen LogP contribution in [0.3, 0.4) is 0 Å². The minimum absolute atomic E-state index is 1.02. The van der Waals surface area contributed by atoms with Crippen molar-refractivity contribution in [3.8, 4) is 0 Å². The molecule has 19 heavy (non-hydrogen) atoms. The van der Waals surface area contributed by atoms with Gasteiger partial charge in [-0.1, -0.05) is 6.92 Å². The Morgan fingerprint density at radius 1 is 1.21 bits per heavy atom. The van der Waals surface area contributed by atoms with Gasteiger partial charge in [-0.05, 0) is 51.0 Å². The first-order valence-electron chi connectivity index (χ1n) is 7.04. The zero-order chi connectivity index (χ0) is 13.2. The van der Waals surface area contributed by atoms with Crippen LogP contribution in [-0.4, -0.2) is 15.0 Å². The molecule has 0 N–H and O–H groups in total. The molecule has 0 amide bonds. The summed E-state index contributed by atoms with van der Waals surface area (Å²) >= 11 is 1.86. The standard InChI is InChI=1S/C15H19N3S/c1-3-15-18-10(2)14(19-15)8-7-13-11-5-4-6-12(11)16-9-17-13/h9H,3-8H2,1-2H3. The molecule has 0 atom stereocenters. The Bertz CT molecular complexity index is 589. The van der Waals surface area contributed by atoms with Crippen molar-refractivity contribution in [3.63, 3.8) is 0 Å². The molecule has 0 bridgehead atoms. The Kier molecular flexibility index (Phi) is 3.60. The highest BCUT2D eigenvalue weighted by Crippen LogP contribution is 2.25. The molecular weight excluding hydrogens is 254 g/mol. The molecule has 0 radical (unpaired) electrons. The minimum Gasteiger partial charge on any atom is -0.246 e. The monoisotopic (exact) mass is 273 g/mol. The molecule has 100 valence electrons. The van der Waals surface area contributed by atoms with Gasteiger partial charge in [0.05, 0.1) is 10.7 Å². The lowest BCUT2D eigenvalue weighted by atomic mass is 10.1. The summed E-state index contributed by atoms with van der Waals surface area (Å²) in [4.78, 5) is 14.9. The van der Waals surface area contributed by atoms with Gasteiger partial charge in [-0.15, -0.1) is 11.3 Å². The van der Waals surface area contributed by atoms with Gasteiger partial charge in [0, 0.05) is 16.3 Å². The summed E-state index contributed by atoms with van der Waals surface area (Å²) in [5.41, 5.74) is 5.15. The summed E-state index contributed by atoms with van der Waals surface area (Å²) < 4.78 is 0. The Labute approximate surface area is 118 Å². The number of rotatable bonds is 4. The second kappa shape index (κ2) is 5.37. The van der Waals surface area contributed by atoms with E-state index in [0.29, 0.717) is 0 Å². The second-order valence-electron chi connectivity index (χ2n) is 5.07. The van der Waals surface area contributed by atoms with Crippen LogP contribution in [0, 0.1) is 6.92 Å². The summed E-state index contributed by atoms with van der Waals surface area (Å²) in [6.07, 6.45) is 8.38. The van der Waals surface area contributed by atoms with Crippen LogP contribution in [-0.2, 0) is 32.1 Å². The van der Waals surface area contributed by atoms with E-state index in [2.05, 4.69) is 28.8 Å². The van der Waals surface area contributed by atoms with Crippen LogP contribution in [0.5, 0.6) is 0 Å². The molecule has 3 rings (SSSR count). The van der Waals surface area contributed by atoms with Crippen molar-refractivity contribution in [3.05, 3.63) is 38.9 Å². The lowest BCUT2D eigenvalue weighted by Gasteiger charge is -2.05. The van der Waals surface area contributed by atoms with E-state index in [1.165, 1.54) is 39.0 Å². The van der Waals surface area contributed by atoms with E-state index < -0.39 is 0 Å². The predicted octanol–water partition coefficient (Wildman–Crippen LogP) is 3.08. The number of aromatic nitrogens is 3. The molecule has 4 heteroatoms. The third-order valence-electron chi connectivity index (χ3n) is 3.79. The van der Waals surface area contributed by atoms with E-state index in [1.807, 2.05) is 11.3 Å². The predicted molar refractivity (Wildman–Crippen MR) is 77.7 cm³/mol. The quantitative estimate of drug-likeness (QED) is 0.859.